The van der Waals surface area contributed by atoms with Crippen LogP contribution < -0.4 is 10.6 Å². The predicted octanol–water partition coefficient (Wildman–Crippen LogP) is 4.92. The van der Waals surface area contributed by atoms with Gasteiger partial charge in [-0.15, -0.1) is 0 Å². The molecule has 0 unspecified atom stereocenters. The maximum Gasteiger partial charge on any atom is 0.416 e. The van der Waals surface area contributed by atoms with Gasteiger partial charge in [-0.2, -0.15) is 17.5 Å². The van der Waals surface area contributed by atoms with Crippen LogP contribution in [0.3, 0.4) is 0 Å². The lowest BCUT2D eigenvalue weighted by atomic mass is 10.2. The third kappa shape index (κ3) is 5.84. The number of rotatable bonds is 9. The number of aromatic nitrogens is 2. The molecular weight excluding hydrogens is 489 g/mol. The molecule has 3 rings (SSSR count). The van der Waals surface area contributed by atoms with Crippen LogP contribution in [0.25, 0.3) is 0 Å². The van der Waals surface area contributed by atoms with Crippen LogP contribution in [0.15, 0.2) is 59.8 Å². The Morgan fingerprint density at radius 1 is 0.971 bits per heavy atom. The molecule has 0 aliphatic rings. The van der Waals surface area contributed by atoms with Crippen molar-refractivity contribution < 1.29 is 26.5 Å². The Bertz CT molecular complexity index is 1310. The molecule has 0 aliphatic heterocycles. The van der Waals surface area contributed by atoms with Gasteiger partial charge in [0.1, 0.15) is 6.33 Å². The highest BCUT2D eigenvalue weighted by atomic mass is 32.2. The Kier molecular flexibility index (Phi) is 7.55. The number of benzene rings is 2. The molecule has 186 valence electrons. The zero-order valence-electron chi connectivity index (χ0n) is 18.6. The van der Waals surface area contributed by atoms with Gasteiger partial charge in [0, 0.05) is 24.5 Å². The molecule has 0 fully saturated rings. The number of nitro groups is 1. The summed E-state index contributed by atoms with van der Waals surface area (Å²) in [4.78, 5) is 18.7. The van der Waals surface area contributed by atoms with Gasteiger partial charge in [-0.3, -0.25) is 10.1 Å². The van der Waals surface area contributed by atoms with E-state index >= 15 is 0 Å². The predicted molar refractivity (Wildman–Crippen MR) is 123 cm³/mol. The summed E-state index contributed by atoms with van der Waals surface area (Å²) in [5.74, 6) is -0.564. The lowest BCUT2D eigenvalue weighted by molar-refractivity contribution is -0.383. The van der Waals surface area contributed by atoms with E-state index in [0.29, 0.717) is 18.8 Å². The maximum absolute atomic E-state index is 13.0. The van der Waals surface area contributed by atoms with E-state index in [0.717, 1.165) is 24.5 Å². The Morgan fingerprint density at radius 3 is 2.06 bits per heavy atom. The second kappa shape index (κ2) is 10.2. The monoisotopic (exact) mass is 510 g/mol. The number of hydrogen-bond donors (Lipinski definition) is 2. The van der Waals surface area contributed by atoms with Gasteiger partial charge >= 0.3 is 11.9 Å². The zero-order chi connectivity index (χ0) is 25.8. The molecule has 0 aliphatic carbocycles. The molecule has 1 aromatic heterocycles. The minimum atomic E-state index is -4.59. The molecule has 0 saturated carbocycles. The summed E-state index contributed by atoms with van der Waals surface area (Å²) in [6.07, 6.45) is -3.59. The van der Waals surface area contributed by atoms with Crippen LogP contribution in [0.1, 0.15) is 19.4 Å². The number of anilines is 4. The minimum absolute atomic E-state index is 0.0517. The number of hydrogen-bond acceptors (Lipinski definition) is 8. The third-order valence-electron chi connectivity index (χ3n) is 4.92. The third-order valence-corrected chi connectivity index (χ3v) is 6.98. The molecule has 1 heterocycles. The first-order chi connectivity index (χ1) is 16.5. The average Bonchev–Trinajstić information content (AvgIpc) is 2.79. The highest BCUT2D eigenvalue weighted by Crippen LogP contribution is 2.35. The van der Waals surface area contributed by atoms with Crippen molar-refractivity contribution in [2.45, 2.75) is 24.9 Å². The van der Waals surface area contributed by atoms with E-state index in [4.69, 9.17) is 0 Å². The normalized spacial score (nSPS) is 11.9. The summed E-state index contributed by atoms with van der Waals surface area (Å²) in [5.41, 5.74) is -1.30. The van der Waals surface area contributed by atoms with Crippen molar-refractivity contribution in [3.05, 3.63) is 70.5 Å². The van der Waals surface area contributed by atoms with E-state index in [2.05, 4.69) is 20.6 Å². The van der Waals surface area contributed by atoms with Crippen LogP contribution >= 0.6 is 0 Å². The van der Waals surface area contributed by atoms with Crippen LogP contribution in [0.2, 0.25) is 0 Å². The van der Waals surface area contributed by atoms with E-state index in [1.54, 1.807) is 13.8 Å². The second-order valence-corrected chi connectivity index (χ2v) is 9.06. The first-order valence-electron chi connectivity index (χ1n) is 10.3. The summed E-state index contributed by atoms with van der Waals surface area (Å²) in [6, 6.07) is 9.68. The fraction of sp³-hybridized carbons (Fsp3) is 0.238. The number of alkyl halides is 3. The molecule has 0 saturated heterocycles. The van der Waals surface area contributed by atoms with Crippen molar-refractivity contribution in [2.24, 2.45) is 0 Å². The minimum Gasteiger partial charge on any atom is -0.334 e. The summed E-state index contributed by atoms with van der Waals surface area (Å²) in [6.45, 7) is 4.04. The molecule has 2 aromatic carbocycles. The second-order valence-electron chi connectivity index (χ2n) is 7.12. The summed E-state index contributed by atoms with van der Waals surface area (Å²) < 4.78 is 65.5. The highest BCUT2D eigenvalue weighted by molar-refractivity contribution is 7.89. The quantitative estimate of drug-likeness (QED) is 0.306. The number of nitrogens with zero attached hydrogens (tertiary/aromatic N) is 4. The number of halogens is 3. The van der Waals surface area contributed by atoms with Crippen LogP contribution in [0, 0.1) is 10.1 Å². The lowest BCUT2D eigenvalue weighted by Crippen LogP contribution is -2.30. The Labute approximate surface area is 199 Å². The van der Waals surface area contributed by atoms with Crippen LogP contribution in [-0.2, 0) is 16.2 Å². The molecule has 3 aromatic rings. The van der Waals surface area contributed by atoms with Crippen molar-refractivity contribution in [1.82, 2.24) is 14.3 Å². The lowest BCUT2D eigenvalue weighted by Gasteiger charge is -2.18. The van der Waals surface area contributed by atoms with Crippen molar-refractivity contribution in [2.75, 3.05) is 23.7 Å². The standard InChI is InChI=1S/C21H21F3N6O4S/c1-3-29(4-2)35(33,34)17-10-8-15(9-11-17)27-19-18(30(31)32)20(26-13-25-19)28-16-7-5-6-14(12-16)21(22,23)24/h5-13H,3-4H2,1-2H3,(H2,25,26,27,28). The van der Waals surface area contributed by atoms with Crippen LogP contribution in [0.5, 0.6) is 0 Å². The van der Waals surface area contributed by atoms with Gasteiger partial charge < -0.3 is 10.6 Å². The molecule has 10 nitrogen and oxygen atoms in total. The summed E-state index contributed by atoms with van der Waals surface area (Å²) in [5, 5.41) is 17.0. The van der Waals surface area contributed by atoms with Gasteiger partial charge in [0.25, 0.3) is 0 Å². The maximum atomic E-state index is 13.0. The van der Waals surface area contributed by atoms with E-state index in [9.17, 15) is 31.7 Å². The molecule has 35 heavy (non-hydrogen) atoms. The molecule has 0 amide bonds. The van der Waals surface area contributed by atoms with Crippen molar-refractivity contribution in [1.29, 1.82) is 0 Å². The van der Waals surface area contributed by atoms with E-state index in [1.165, 1.54) is 34.6 Å². The molecule has 0 atom stereocenters. The highest BCUT2D eigenvalue weighted by Gasteiger charge is 2.31. The van der Waals surface area contributed by atoms with Gasteiger partial charge in [-0.05, 0) is 42.5 Å². The van der Waals surface area contributed by atoms with E-state index in [1.807, 2.05) is 0 Å². The van der Waals surface area contributed by atoms with Gasteiger partial charge in [0.15, 0.2) is 0 Å². The molecule has 0 spiro atoms. The summed E-state index contributed by atoms with van der Waals surface area (Å²) >= 11 is 0. The largest absolute Gasteiger partial charge is 0.416 e. The van der Waals surface area contributed by atoms with Crippen LogP contribution in [0.4, 0.5) is 41.9 Å². The number of nitrogens with one attached hydrogen (secondary N) is 2. The summed E-state index contributed by atoms with van der Waals surface area (Å²) in [7, 11) is -3.69. The molecular formula is C21H21F3N6O4S. The first-order valence-corrected chi connectivity index (χ1v) is 11.7. The van der Waals surface area contributed by atoms with Crippen molar-refractivity contribution >= 4 is 38.7 Å². The van der Waals surface area contributed by atoms with Crippen molar-refractivity contribution in [3.8, 4) is 0 Å². The van der Waals surface area contributed by atoms with Gasteiger partial charge in [0.05, 0.1) is 15.4 Å². The zero-order valence-corrected chi connectivity index (χ0v) is 19.4. The molecule has 14 heteroatoms. The van der Waals surface area contributed by atoms with Gasteiger partial charge in [-0.1, -0.05) is 19.9 Å². The van der Waals surface area contributed by atoms with Gasteiger partial charge in [0.2, 0.25) is 21.7 Å². The molecule has 0 radical (unpaired) electrons. The fourth-order valence-electron chi connectivity index (χ4n) is 3.20. The topological polar surface area (TPSA) is 130 Å². The molecule has 0 bridgehead atoms. The molecule has 2 N–H and O–H groups in total. The van der Waals surface area contributed by atoms with Crippen LogP contribution in [-0.4, -0.2) is 40.7 Å². The Hall–Kier alpha value is -3.78. The van der Waals surface area contributed by atoms with Gasteiger partial charge in [-0.25, -0.2) is 18.4 Å². The van der Waals surface area contributed by atoms with E-state index < -0.39 is 32.4 Å². The van der Waals surface area contributed by atoms with E-state index in [-0.39, 0.29) is 22.2 Å². The average molecular weight is 510 g/mol. The Balaban J connectivity index is 1.91. The van der Waals surface area contributed by atoms with Crippen molar-refractivity contribution in [3.63, 3.8) is 0 Å². The SMILES string of the molecule is CCN(CC)S(=O)(=O)c1ccc(Nc2ncnc(Nc3cccc(C(F)(F)F)c3)c2[N+](=O)[O-])cc1. The Morgan fingerprint density at radius 2 is 1.54 bits per heavy atom. The fourth-order valence-corrected chi connectivity index (χ4v) is 4.66. The smallest absolute Gasteiger partial charge is 0.334 e. The number of sulfonamides is 1. The first kappa shape index (κ1) is 25.8.